The molecule has 2 N–H and O–H groups in total. The van der Waals surface area contributed by atoms with Gasteiger partial charge in [0.15, 0.2) is 0 Å². The zero-order valence-corrected chi connectivity index (χ0v) is 12.3. The molecule has 0 bridgehead atoms. The summed E-state index contributed by atoms with van der Waals surface area (Å²) in [6.45, 7) is 6.75. The van der Waals surface area contributed by atoms with Crippen LogP contribution in [0, 0.1) is 11.8 Å². The van der Waals surface area contributed by atoms with Crippen molar-refractivity contribution < 1.29 is 4.79 Å². The molecule has 0 aliphatic heterocycles. The topological polar surface area (TPSA) is 44.4 Å². The summed E-state index contributed by atoms with van der Waals surface area (Å²) in [6, 6.07) is 0.259. The summed E-state index contributed by atoms with van der Waals surface area (Å²) >= 11 is 0. The van der Waals surface area contributed by atoms with Crippen molar-refractivity contribution in [2.75, 3.05) is 33.7 Å². The summed E-state index contributed by atoms with van der Waals surface area (Å²) in [6.07, 6.45) is 3.68. The molecule has 1 unspecified atom stereocenters. The minimum atomic E-state index is 0.128. The number of likely N-dealkylation sites (N-methyl/N-ethyl adjacent to an activating group) is 1. The van der Waals surface area contributed by atoms with Crippen molar-refractivity contribution in [1.29, 1.82) is 0 Å². The van der Waals surface area contributed by atoms with Crippen LogP contribution in [0.25, 0.3) is 0 Å². The number of hydrogen-bond donors (Lipinski definition) is 2. The first-order valence-corrected chi connectivity index (χ1v) is 7.12. The maximum Gasteiger partial charge on any atom is 0.234 e. The second-order valence-corrected chi connectivity index (χ2v) is 6.23. The Morgan fingerprint density at radius 3 is 2.50 bits per heavy atom. The average Bonchev–Trinajstić information content (AvgIpc) is 2.98. The molecule has 1 amide bonds. The first-order chi connectivity index (χ1) is 8.47. The van der Waals surface area contributed by atoms with E-state index in [1.807, 2.05) is 14.1 Å². The Morgan fingerprint density at radius 1 is 1.33 bits per heavy atom. The van der Waals surface area contributed by atoms with Crippen molar-refractivity contribution >= 4 is 5.91 Å². The van der Waals surface area contributed by atoms with Gasteiger partial charge in [-0.25, -0.2) is 0 Å². The lowest BCUT2D eigenvalue weighted by Crippen LogP contribution is -2.45. The van der Waals surface area contributed by atoms with Gasteiger partial charge in [0, 0.05) is 12.6 Å². The van der Waals surface area contributed by atoms with Crippen molar-refractivity contribution in [3.8, 4) is 0 Å². The largest absolute Gasteiger partial charge is 0.351 e. The molecule has 1 aliphatic carbocycles. The second-order valence-electron chi connectivity index (χ2n) is 6.23. The van der Waals surface area contributed by atoms with Gasteiger partial charge >= 0.3 is 0 Å². The van der Waals surface area contributed by atoms with Gasteiger partial charge in [-0.1, -0.05) is 13.8 Å². The van der Waals surface area contributed by atoms with E-state index < -0.39 is 0 Å². The zero-order valence-electron chi connectivity index (χ0n) is 12.3. The van der Waals surface area contributed by atoms with Crippen LogP contribution in [0.5, 0.6) is 0 Å². The van der Waals surface area contributed by atoms with E-state index in [1.165, 1.54) is 12.8 Å². The van der Waals surface area contributed by atoms with Crippen molar-refractivity contribution in [2.45, 2.75) is 39.2 Å². The highest BCUT2D eigenvalue weighted by Crippen LogP contribution is 2.27. The van der Waals surface area contributed by atoms with Crippen LogP contribution in [0.1, 0.15) is 33.1 Å². The highest BCUT2D eigenvalue weighted by atomic mass is 16.2. The molecule has 1 aliphatic rings. The van der Waals surface area contributed by atoms with Crippen LogP contribution in [0.3, 0.4) is 0 Å². The molecule has 1 saturated carbocycles. The number of carbonyl (C=O) groups excluding carboxylic acids is 1. The first-order valence-electron chi connectivity index (χ1n) is 7.12. The van der Waals surface area contributed by atoms with Crippen LogP contribution >= 0.6 is 0 Å². The molecule has 1 rings (SSSR count). The van der Waals surface area contributed by atoms with Crippen LogP contribution in [-0.4, -0.2) is 50.6 Å². The Balaban J connectivity index is 2.21. The Labute approximate surface area is 111 Å². The maximum atomic E-state index is 11.8. The van der Waals surface area contributed by atoms with Crippen LogP contribution in [0.2, 0.25) is 0 Å². The van der Waals surface area contributed by atoms with Gasteiger partial charge in [-0.15, -0.1) is 0 Å². The summed E-state index contributed by atoms with van der Waals surface area (Å²) in [7, 11) is 4.09. The number of hydrogen-bond acceptors (Lipinski definition) is 3. The molecular formula is C14H29N3O. The van der Waals surface area contributed by atoms with Gasteiger partial charge < -0.3 is 15.5 Å². The van der Waals surface area contributed by atoms with Gasteiger partial charge in [-0.05, 0) is 51.7 Å². The molecule has 1 fully saturated rings. The molecule has 0 saturated heterocycles. The quantitative estimate of drug-likeness (QED) is 0.648. The van der Waals surface area contributed by atoms with Crippen molar-refractivity contribution in [3.63, 3.8) is 0 Å². The molecule has 0 heterocycles. The van der Waals surface area contributed by atoms with E-state index in [9.17, 15) is 4.79 Å². The van der Waals surface area contributed by atoms with Gasteiger partial charge in [0.05, 0.1) is 6.54 Å². The molecule has 0 aromatic heterocycles. The van der Waals surface area contributed by atoms with E-state index in [0.717, 1.165) is 25.4 Å². The fourth-order valence-corrected chi connectivity index (χ4v) is 2.18. The second kappa shape index (κ2) is 7.74. The standard InChI is InChI=1S/C14H29N3O/c1-11(2)7-13(10-17(3)4)16-14(18)9-15-8-12-5-6-12/h11-13,15H,5-10H2,1-4H3,(H,16,18). The molecule has 4 heteroatoms. The lowest BCUT2D eigenvalue weighted by atomic mass is 10.0. The van der Waals surface area contributed by atoms with E-state index in [-0.39, 0.29) is 11.9 Å². The van der Waals surface area contributed by atoms with Crippen molar-refractivity contribution in [1.82, 2.24) is 15.5 Å². The van der Waals surface area contributed by atoms with Crippen LogP contribution in [0.4, 0.5) is 0 Å². The Morgan fingerprint density at radius 2 is 2.00 bits per heavy atom. The van der Waals surface area contributed by atoms with Crippen molar-refractivity contribution in [2.24, 2.45) is 11.8 Å². The summed E-state index contributed by atoms with van der Waals surface area (Å²) < 4.78 is 0. The molecule has 0 radical (unpaired) electrons. The summed E-state index contributed by atoms with van der Waals surface area (Å²) in [4.78, 5) is 14.0. The monoisotopic (exact) mass is 255 g/mol. The van der Waals surface area contributed by atoms with E-state index in [0.29, 0.717) is 12.5 Å². The number of carbonyl (C=O) groups is 1. The molecule has 0 spiro atoms. The maximum absolute atomic E-state index is 11.8. The van der Waals surface area contributed by atoms with E-state index in [2.05, 4.69) is 29.4 Å². The van der Waals surface area contributed by atoms with Crippen LogP contribution < -0.4 is 10.6 Å². The van der Waals surface area contributed by atoms with E-state index in [4.69, 9.17) is 0 Å². The van der Waals surface area contributed by atoms with Gasteiger partial charge in [0.25, 0.3) is 0 Å². The predicted molar refractivity (Wildman–Crippen MR) is 75.5 cm³/mol. The summed E-state index contributed by atoms with van der Waals surface area (Å²) in [5, 5.41) is 6.36. The number of rotatable bonds is 9. The lowest BCUT2D eigenvalue weighted by molar-refractivity contribution is -0.121. The third-order valence-corrected chi connectivity index (χ3v) is 3.12. The highest BCUT2D eigenvalue weighted by Gasteiger charge is 2.21. The molecule has 4 nitrogen and oxygen atoms in total. The number of amides is 1. The van der Waals surface area contributed by atoms with Gasteiger partial charge in [-0.2, -0.15) is 0 Å². The SMILES string of the molecule is CC(C)CC(CN(C)C)NC(=O)CNCC1CC1. The number of nitrogens with one attached hydrogen (secondary N) is 2. The zero-order chi connectivity index (χ0) is 13.5. The fraction of sp³-hybridized carbons (Fsp3) is 0.929. The first kappa shape index (κ1) is 15.4. The normalized spacial score (nSPS) is 17.2. The highest BCUT2D eigenvalue weighted by molar-refractivity contribution is 5.78. The summed E-state index contributed by atoms with van der Waals surface area (Å²) in [5.41, 5.74) is 0. The molecule has 0 aromatic carbocycles. The minimum absolute atomic E-state index is 0.128. The van der Waals surface area contributed by atoms with Gasteiger partial charge in [0.1, 0.15) is 0 Å². The molecule has 0 aromatic rings. The Bertz CT molecular complexity index is 239. The summed E-state index contributed by atoms with van der Waals surface area (Å²) in [5.74, 6) is 1.56. The molecule has 106 valence electrons. The molecular weight excluding hydrogens is 226 g/mol. The lowest BCUT2D eigenvalue weighted by Gasteiger charge is -2.24. The molecule has 1 atom stereocenters. The Kier molecular flexibility index (Phi) is 6.65. The average molecular weight is 255 g/mol. The third-order valence-electron chi connectivity index (χ3n) is 3.12. The Hall–Kier alpha value is -0.610. The van der Waals surface area contributed by atoms with E-state index >= 15 is 0 Å². The van der Waals surface area contributed by atoms with Gasteiger partial charge in [0.2, 0.25) is 5.91 Å². The smallest absolute Gasteiger partial charge is 0.234 e. The van der Waals surface area contributed by atoms with Crippen molar-refractivity contribution in [3.05, 3.63) is 0 Å². The van der Waals surface area contributed by atoms with E-state index in [1.54, 1.807) is 0 Å². The minimum Gasteiger partial charge on any atom is -0.351 e. The molecule has 18 heavy (non-hydrogen) atoms. The third kappa shape index (κ3) is 7.67. The predicted octanol–water partition coefficient (Wildman–Crippen LogP) is 1.08. The van der Waals surface area contributed by atoms with Crippen LogP contribution in [-0.2, 0) is 4.79 Å². The van der Waals surface area contributed by atoms with Crippen LogP contribution in [0.15, 0.2) is 0 Å². The van der Waals surface area contributed by atoms with Gasteiger partial charge in [-0.3, -0.25) is 4.79 Å². The number of nitrogens with zero attached hydrogens (tertiary/aromatic N) is 1. The fourth-order valence-electron chi connectivity index (χ4n) is 2.18.